The van der Waals surface area contributed by atoms with E-state index in [1.807, 2.05) is 0 Å². The van der Waals surface area contributed by atoms with Gasteiger partial charge in [0.25, 0.3) is 10.0 Å². The molecule has 2 aliphatic rings. The maximum absolute atomic E-state index is 12.8. The summed E-state index contributed by atoms with van der Waals surface area (Å²) in [4.78, 5) is 12.7. The molecule has 8 heteroatoms. The number of thiophene rings is 1. The fourth-order valence-electron chi connectivity index (χ4n) is 3.56. The molecule has 0 spiro atoms. The molecule has 1 aromatic rings. The van der Waals surface area contributed by atoms with Gasteiger partial charge in [0.05, 0.1) is 3.79 Å². The van der Waals surface area contributed by atoms with Crippen LogP contribution in [0.15, 0.2) is 20.1 Å². The molecule has 0 radical (unpaired) electrons. The van der Waals surface area contributed by atoms with E-state index in [2.05, 4.69) is 21.2 Å². The highest BCUT2D eigenvalue weighted by Gasteiger charge is 2.40. The van der Waals surface area contributed by atoms with Gasteiger partial charge in [-0.1, -0.05) is 25.7 Å². The highest BCUT2D eigenvalue weighted by atomic mass is 79.9. The second kappa shape index (κ2) is 7.85. The third kappa shape index (κ3) is 4.03. The zero-order chi connectivity index (χ0) is 17.2. The number of hydrogen-bond acceptors (Lipinski definition) is 4. The second-order valence-corrected chi connectivity index (χ2v) is 11.1. The molecule has 0 bridgehead atoms. The monoisotopic (exact) mass is 434 g/mol. The number of sulfonamides is 1. The lowest BCUT2D eigenvalue weighted by Gasteiger charge is -2.25. The maximum atomic E-state index is 12.8. The summed E-state index contributed by atoms with van der Waals surface area (Å²) in [6.07, 6.45) is 8.07. The molecule has 0 unspecified atom stereocenters. The predicted octanol–water partition coefficient (Wildman–Crippen LogP) is 3.50. The van der Waals surface area contributed by atoms with Gasteiger partial charge in [-0.25, -0.2) is 8.42 Å². The number of amides is 1. The number of nitrogens with zero attached hydrogens (tertiary/aromatic N) is 1. The van der Waals surface area contributed by atoms with E-state index in [1.54, 1.807) is 12.1 Å². The minimum absolute atomic E-state index is 0.126. The molecule has 3 rings (SSSR count). The van der Waals surface area contributed by atoms with Gasteiger partial charge >= 0.3 is 0 Å². The Morgan fingerprint density at radius 1 is 1.12 bits per heavy atom. The number of hydrogen-bond donors (Lipinski definition) is 1. The normalized spacial score (nSPS) is 24.0. The Bertz CT molecular complexity index is 681. The van der Waals surface area contributed by atoms with Gasteiger partial charge in [-0.05, 0) is 53.7 Å². The second-order valence-electron chi connectivity index (χ2n) is 6.53. The van der Waals surface area contributed by atoms with Crippen molar-refractivity contribution in [1.29, 1.82) is 0 Å². The molecule has 24 heavy (non-hydrogen) atoms. The fourth-order valence-corrected chi connectivity index (χ4v) is 7.36. The standard InChI is InChI=1S/C16H23BrN2O3S2/c17-14-9-10-15(23-14)24(21,22)19-11-5-8-13(19)16(20)18-12-6-3-1-2-4-7-12/h9-10,12-13H,1-8,11H2,(H,18,20)/t13-/m1/s1. The minimum Gasteiger partial charge on any atom is -0.352 e. The minimum atomic E-state index is -3.60. The molecule has 1 atom stereocenters. The van der Waals surface area contributed by atoms with E-state index < -0.39 is 16.1 Å². The summed E-state index contributed by atoms with van der Waals surface area (Å²) < 4.78 is 28.1. The number of nitrogens with one attached hydrogen (secondary N) is 1. The van der Waals surface area contributed by atoms with Crippen LogP contribution in [0.4, 0.5) is 0 Å². The highest BCUT2D eigenvalue weighted by molar-refractivity contribution is 9.11. The molecular formula is C16H23BrN2O3S2. The van der Waals surface area contributed by atoms with Crippen molar-refractivity contribution in [2.24, 2.45) is 0 Å². The van der Waals surface area contributed by atoms with Crippen molar-refractivity contribution < 1.29 is 13.2 Å². The average Bonchev–Trinajstić information content (AvgIpc) is 3.13. The summed E-state index contributed by atoms with van der Waals surface area (Å²) in [5.41, 5.74) is 0. The van der Waals surface area contributed by atoms with Crippen LogP contribution in [0.1, 0.15) is 51.4 Å². The Hall–Kier alpha value is -0.440. The number of rotatable bonds is 4. The smallest absolute Gasteiger partial charge is 0.253 e. The van der Waals surface area contributed by atoms with Crippen LogP contribution in [0.5, 0.6) is 0 Å². The van der Waals surface area contributed by atoms with Crippen molar-refractivity contribution in [1.82, 2.24) is 9.62 Å². The molecule has 134 valence electrons. The Morgan fingerprint density at radius 2 is 1.83 bits per heavy atom. The molecule has 1 saturated carbocycles. The molecule has 1 aliphatic carbocycles. The van der Waals surface area contributed by atoms with Crippen LogP contribution in [0, 0.1) is 0 Å². The van der Waals surface area contributed by atoms with Crippen molar-refractivity contribution >= 4 is 43.2 Å². The fraction of sp³-hybridized carbons (Fsp3) is 0.688. The van der Waals surface area contributed by atoms with E-state index in [0.717, 1.165) is 35.9 Å². The lowest BCUT2D eigenvalue weighted by molar-refractivity contribution is -0.125. The van der Waals surface area contributed by atoms with Gasteiger partial charge in [0.15, 0.2) is 0 Å². The molecule has 1 saturated heterocycles. The highest BCUT2D eigenvalue weighted by Crippen LogP contribution is 2.32. The third-order valence-corrected chi connectivity index (χ3v) is 8.82. The molecule has 2 heterocycles. The van der Waals surface area contributed by atoms with Gasteiger partial charge in [0.1, 0.15) is 10.3 Å². The van der Waals surface area contributed by atoms with E-state index in [1.165, 1.54) is 28.5 Å². The maximum Gasteiger partial charge on any atom is 0.253 e. The van der Waals surface area contributed by atoms with Crippen LogP contribution in [-0.2, 0) is 14.8 Å². The van der Waals surface area contributed by atoms with Crippen LogP contribution in [0.2, 0.25) is 0 Å². The molecule has 1 N–H and O–H groups in total. The first-order valence-corrected chi connectivity index (χ1v) is 11.6. The number of carbonyl (C=O) groups is 1. The molecular weight excluding hydrogens is 412 g/mol. The van der Waals surface area contributed by atoms with Gasteiger partial charge in [0.2, 0.25) is 5.91 Å². The van der Waals surface area contributed by atoms with Crippen molar-refractivity contribution in [3.8, 4) is 0 Å². The van der Waals surface area contributed by atoms with E-state index in [0.29, 0.717) is 17.2 Å². The van der Waals surface area contributed by atoms with Gasteiger partial charge in [-0.2, -0.15) is 4.31 Å². The molecule has 2 fully saturated rings. The SMILES string of the molecule is O=C(NC1CCCCCC1)[C@H]1CCCN1S(=O)(=O)c1ccc(Br)s1. The quantitative estimate of drug-likeness (QED) is 0.737. The van der Waals surface area contributed by atoms with Crippen LogP contribution in [0.25, 0.3) is 0 Å². The topological polar surface area (TPSA) is 66.5 Å². The van der Waals surface area contributed by atoms with Crippen molar-refractivity contribution in [3.05, 3.63) is 15.9 Å². The van der Waals surface area contributed by atoms with E-state index in [9.17, 15) is 13.2 Å². The van der Waals surface area contributed by atoms with Gasteiger partial charge in [-0.3, -0.25) is 4.79 Å². The zero-order valence-electron chi connectivity index (χ0n) is 13.5. The zero-order valence-corrected chi connectivity index (χ0v) is 16.8. The lowest BCUT2D eigenvalue weighted by Crippen LogP contribution is -2.48. The number of carbonyl (C=O) groups excluding carboxylic acids is 1. The van der Waals surface area contributed by atoms with E-state index in [-0.39, 0.29) is 11.9 Å². The Balaban J connectivity index is 1.71. The van der Waals surface area contributed by atoms with Crippen LogP contribution >= 0.6 is 27.3 Å². The first-order valence-electron chi connectivity index (χ1n) is 8.56. The summed E-state index contributed by atoms with van der Waals surface area (Å²) >= 11 is 4.50. The summed E-state index contributed by atoms with van der Waals surface area (Å²) in [7, 11) is -3.60. The molecule has 5 nitrogen and oxygen atoms in total. The third-order valence-electron chi connectivity index (χ3n) is 4.82. The molecule has 1 amide bonds. The number of halogens is 1. The molecule has 1 aromatic heterocycles. The summed E-state index contributed by atoms with van der Waals surface area (Å²) in [6, 6.07) is 2.96. The summed E-state index contributed by atoms with van der Waals surface area (Å²) in [5.74, 6) is -0.126. The molecule has 1 aliphatic heterocycles. The molecule has 0 aromatic carbocycles. The summed E-state index contributed by atoms with van der Waals surface area (Å²) in [6.45, 7) is 0.417. The van der Waals surface area contributed by atoms with Crippen LogP contribution in [0.3, 0.4) is 0 Å². The lowest BCUT2D eigenvalue weighted by atomic mass is 10.1. The van der Waals surface area contributed by atoms with Gasteiger partial charge in [-0.15, -0.1) is 11.3 Å². The van der Waals surface area contributed by atoms with Crippen molar-refractivity contribution in [2.75, 3.05) is 6.54 Å². The van der Waals surface area contributed by atoms with E-state index in [4.69, 9.17) is 0 Å². The largest absolute Gasteiger partial charge is 0.352 e. The van der Waals surface area contributed by atoms with Gasteiger partial charge < -0.3 is 5.32 Å². The Labute approximate surface area is 156 Å². The first kappa shape index (κ1) is 18.4. The van der Waals surface area contributed by atoms with Crippen molar-refractivity contribution in [2.45, 2.75) is 67.7 Å². The summed E-state index contributed by atoms with van der Waals surface area (Å²) in [5, 5.41) is 3.11. The van der Waals surface area contributed by atoms with E-state index >= 15 is 0 Å². The Kier molecular flexibility index (Phi) is 6.00. The Morgan fingerprint density at radius 3 is 2.46 bits per heavy atom. The first-order chi connectivity index (χ1) is 11.5. The van der Waals surface area contributed by atoms with Gasteiger partial charge in [0, 0.05) is 12.6 Å². The van der Waals surface area contributed by atoms with Crippen molar-refractivity contribution in [3.63, 3.8) is 0 Å². The average molecular weight is 435 g/mol. The van der Waals surface area contributed by atoms with Crippen LogP contribution in [-0.4, -0.2) is 37.3 Å². The van der Waals surface area contributed by atoms with Crippen LogP contribution < -0.4 is 5.32 Å². The predicted molar refractivity (Wildman–Crippen MR) is 98.6 cm³/mol.